The molecule has 5 N–H and O–H groups in total. The quantitative estimate of drug-likeness (QED) is 0.249. The fourth-order valence-corrected chi connectivity index (χ4v) is 3.86. The molecule has 2 aromatic rings. The van der Waals surface area contributed by atoms with Crippen molar-refractivity contribution in [1.29, 1.82) is 0 Å². The van der Waals surface area contributed by atoms with Gasteiger partial charge in [-0.25, -0.2) is 8.78 Å². The van der Waals surface area contributed by atoms with Crippen molar-refractivity contribution in [3.8, 4) is 5.75 Å². The van der Waals surface area contributed by atoms with Crippen molar-refractivity contribution in [1.82, 2.24) is 14.8 Å². The first-order chi connectivity index (χ1) is 18.0. The van der Waals surface area contributed by atoms with Crippen molar-refractivity contribution in [3.05, 3.63) is 39.4 Å². The molecule has 1 aromatic heterocycles. The lowest BCUT2D eigenvalue weighted by molar-refractivity contribution is -0.128. The molecule has 1 aromatic carbocycles. The molecule has 2 heterocycles. The third kappa shape index (κ3) is 7.35. The molecule has 1 aliphatic heterocycles. The van der Waals surface area contributed by atoms with E-state index in [1.165, 1.54) is 10.8 Å². The highest BCUT2D eigenvalue weighted by Crippen LogP contribution is 2.35. The monoisotopic (exact) mass is 553 g/mol. The molecule has 13 heteroatoms. The van der Waals surface area contributed by atoms with Gasteiger partial charge in [0.2, 0.25) is 11.7 Å². The number of likely N-dealkylation sites (N-methyl/N-ethyl adjacent to an activating group) is 1. The number of pyridine rings is 1. The Morgan fingerprint density at radius 1 is 1.42 bits per heavy atom. The molecule has 10 nitrogen and oxygen atoms in total. The number of fused-ring (bicyclic) bond motifs is 3. The number of allylic oxidation sites excluding steroid dienone is 1. The zero-order chi connectivity index (χ0) is 27.9. The number of hydrogen-bond donors (Lipinski definition) is 4. The molecule has 1 amide bonds. The maximum absolute atomic E-state index is 13.9. The highest BCUT2D eigenvalue weighted by Gasteiger charge is 2.35. The summed E-state index contributed by atoms with van der Waals surface area (Å²) >= 11 is 6.28. The third-order valence-corrected chi connectivity index (χ3v) is 6.32. The van der Waals surface area contributed by atoms with E-state index >= 15 is 0 Å². The zero-order valence-electron chi connectivity index (χ0n) is 21.7. The van der Waals surface area contributed by atoms with Crippen molar-refractivity contribution in [2.75, 3.05) is 57.0 Å². The van der Waals surface area contributed by atoms with Crippen LogP contribution < -0.4 is 32.0 Å². The summed E-state index contributed by atoms with van der Waals surface area (Å²) in [6.07, 6.45) is 3.48. The predicted octanol–water partition coefficient (Wildman–Crippen LogP) is 2.68. The minimum absolute atomic E-state index is 0.0190. The van der Waals surface area contributed by atoms with Gasteiger partial charge in [0.25, 0.3) is 11.5 Å². The molecule has 208 valence electrons. The lowest BCUT2D eigenvalue weighted by Crippen LogP contribution is -2.37. The zero-order valence-corrected chi connectivity index (χ0v) is 22.5. The molecule has 0 saturated carbocycles. The smallest absolute Gasteiger partial charge is 0.298 e. The van der Waals surface area contributed by atoms with Gasteiger partial charge in [-0.2, -0.15) is 0 Å². The van der Waals surface area contributed by atoms with Crippen LogP contribution in [0.1, 0.15) is 19.8 Å². The maximum atomic E-state index is 13.9. The Bertz CT molecular complexity index is 1280. The Kier molecular flexibility index (Phi) is 9.92. The number of aryl methyl sites for hydroxylation is 1. The summed E-state index contributed by atoms with van der Waals surface area (Å²) in [5.41, 5.74) is 6.81. The SMILES string of the molecule is CCCCNCC(=O)N(C)CC/N=C\C(Cl)=C(/N)Nc1ccc2c(c1)c1c(c(=O)n2C)OCC(F)(F)CN1. The number of nitrogens with two attached hydrogens (primary N) is 1. The molecule has 0 radical (unpaired) electrons. The number of ether oxygens (including phenoxy) is 1. The van der Waals surface area contributed by atoms with Gasteiger partial charge in [0, 0.05) is 37.9 Å². The molecule has 0 spiro atoms. The van der Waals surface area contributed by atoms with Crippen molar-refractivity contribution in [3.63, 3.8) is 0 Å². The van der Waals surface area contributed by atoms with E-state index in [0.29, 0.717) is 29.7 Å². The average molecular weight is 554 g/mol. The molecule has 0 bridgehead atoms. The fraction of sp³-hybridized carbons (Fsp3) is 0.480. The molecular weight excluding hydrogens is 520 g/mol. The number of carbonyl (C=O) groups is 1. The number of anilines is 2. The highest BCUT2D eigenvalue weighted by molar-refractivity contribution is 6.39. The van der Waals surface area contributed by atoms with Crippen molar-refractivity contribution in [2.45, 2.75) is 25.7 Å². The lowest BCUT2D eigenvalue weighted by Gasteiger charge is -2.16. The van der Waals surface area contributed by atoms with Crippen LogP contribution in [-0.2, 0) is 11.8 Å². The van der Waals surface area contributed by atoms with Gasteiger partial charge in [0.05, 0.1) is 35.9 Å². The summed E-state index contributed by atoms with van der Waals surface area (Å²) in [7, 11) is 3.25. The normalized spacial score (nSPS) is 15.3. The van der Waals surface area contributed by atoms with E-state index in [9.17, 15) is 18.4 Å². The molecular formula is C25H34ClF2N7O3. The number of halogens is 3. The summed E-state index contributed by atoms with van der Waals surface area (Å²) in [6.45, 7) is 2.38. The van der Waals surface area contributed by atoms with Crippen LogP contribution in [0.3, 0.4) is 0 Å². The number of carbonyl (C=O) groups excluding carboxylic acids is 1. The minimum Gasteiger partial charge on any atom is -0.480 e. The molecule has 0 aliphatic carbocycles. The fourth-order valence-electron chi connectivity index (χ4n) is 3.75. The predicted molar refractivity (Wildman–Crippen MR) is 148 cm³/mol. The number of aliphatic imine (C=N–C) groups is 1. The van der Waals surface area contributed by atoms with E-state index in [1.54, 1.807) is 37.2 Å². The van der Waals surface area contributed by atoms with Crippen LogP contribution in [0.2, 0.25) is 0 Å². The molecule has 0 fully saturated rings. The van der Waals surface area contributed by atoms with E-state index in [0.717, 1.165) is 19.4 Å². The Morgan fingerprint density at radius 2 is 2.18 bits per heavy atom. The van der Waals surface area contributed by atoms with Crippen molar-refractivity contribution < 1.29 is 18.3 Å². The average Bonchev–Trinajstić information content (AvgIpc) is 3.05. The first kappa shape index (κ1) is 29.2. The maximum Gasteiger partial charge on any atom is 0.298 e. The van der Waals surface area contributed by atoms with Crippen LogP contribution in [0, 0.1) is 0 Å². The number of nitrogens with one attached hydrogen (secondary N) is 3. The molecule has 0 atom stereocenters. The standard InChI is InChI=1S/C25H34ClF2N7O3/c1-4-5-8-30-13-20(36)34(2)10-9-31-12-18(26)23(29)33-16-6-7-19-17(11-16)21-22(24(37)35(19)3)38-15-25(27,28)14-32-21/h6-7,11-12,30,32-33H,4-5,8-10,13-15,29H2,1-3H3/b23-18-,31-12-. The number of rotatable bonds is 11. The Hall–Kier alpha value is -3.38. The summed E-state index contributed by atoms with van der Waals surface area (Å²) in [5.74, 6) is -3.19. The molecule has 38 heavy (non-hydrogen) atoms. The van der Waals surface area contributed by atoms with E-state index in [2.05, 4.69) is 27.9 Å². The number of aromatic nitrogens is 1. The van der Waals surface area contributed by atoms with Gasteiger partial charge in [-0.3, -0.25) is 14.6 Å². The number of benzene rings is 1. The van der Waals surface area contributed by atoms with Crippen LogP contribution >= 0.6 is 11.6 Å². The van der Waals surface area contributed by atoms with Gasteiger partial charge in [-0.15, -0.1) is 0 Å². The second-order valence-electron chi connectivity index (χ2n) is 9.07. The first-order valence-electron chi connectivity index (χ1n) is 12.3. The van der Waals surface area contributed by atoms with E-state index < -0.39 is 24.6 Å². The molecule has 3 rings (SSSR count). The Morgan fingerprint density at radius 3 is 2.92 bits per heavy atom. The van der Waals surface area contributed by atoms with Gasteiger partial charge < -0.3 is 35.9 Å². The van der Waals surface area contributed by atoms with Gasteiger partial charge in [-0.1, -0.05) is 24.9 Å². The number of unbranched alkanes of at least 4 members (excludes halogenated alkanes) is 1. The Labute approximate surface area is 224 Å². The van der Waals surface area contributed by atoms with E-state index in [4.69, 9.17) is 22.1 Å². The van der Waals surface area contributed by atoms with E-state index in [1.807, 2.05) is 0 Å². The van der Waals surface area contributed by atoms with Gasteiger partial charge in [0.15, 0.2) is 6.61 Å². The van der Waals surface area contributed by atoms with Crippen LogP contribution in [0.25, 0.3) is 10.9 Å². The largest absolute Gasteiger partial charge is 0.480 e. The van der Waals surface area contributed by atoms with Crippen molar-refractivity contribution >= 4 is 46.0 Å². The number of nitrogens with zero attached hydrogens (tertiary/aromatic N) is 3. The van der Waals surface area contributed by atoms with Gasteiger partial charge in [-0.05, 0) is 31.2 Å². The summed E-state index contributed by atoms with van der Waals surface area (Å²) < 4.78 is 34.3. The molecule has 1 aliphatic rings. The lowest BCUT2D eigenvalue weighted by atomic mass is 10.1. The third-order valence-electron chi connectivity index (χ3n) is 6.02. The van der Waals surface area contributed by atoms with Crippen LogP contribution in [0.15, 0.2) is 38.8 Å². The number of hydrogen-bond acceptors (Lipinski definition) is 8. The molecule has 0 saturated heterocycles. The van der Waals surface area contributed by atoms with Crippen LogP contribution in [0.5, 0.6) is 5.75 Å². The highest BCUT2D eigenvalue weighted by atomic mass is 35.5. The summed E-state index contributed by atoms with van der Waals surface area (Å²) in [4.78, 5) is 30.6. The minimum atomic E-state index is -3.13. The number of alkyl halides is 2. The van der Waals surface area contributed by atoms with Gasteiger partial charge >= 0.3 is 0 Å². The van der Waals surface area contributed by atoms with Crippen molar-refractivity contribution in [2.24, 2.45) is 17.8 Å². The first-order valence-corrected chi connectivity index (χ1v) is 12.7. The topological polar surface area (TPSA) is 126 Å². The second-order valence-corrected chi connectivity index (χ2v) is 9.47. The summed E-state index contributed by atoms with van der Waals surface area (Å²) in [5, 5.41) is 9.39. The van der Waals surface area contributed by atoms with Crippen LogP contribution in [0.4, 0.5) is 20.2 Å². The number of amides is 1. The Balaban J connectivity index is 1.68. The van der Waals surface area contributed by atoms with E-state index in [-0.39, 0.29) is 34.7 Å². The second kappa shape index (κ2) is 12.9. The van der Waals surface area contributed by atoms with Gasteiger partial charge in [0.1, 0.15) is 5.82 Å². The van der Waals surface area contributed by atoms with Crippen LogP contribution in [-0.4, -0.2) is 73.9 Å². The summed E-state index contributed by atoms with van der Waals surface area (Å²) in [6, 6.07) is 5.02. The molecule has 0 unspecified atom stereocenters.